The fraction of sp³-hybridized carbons (Fsp3) is 0.333. The highest BCUT2D eigenvalue weighted by molar-refractivity contribution is 7.13. The van der Waals surface area contributed by atoms with E-state index in [1.165, 1.54) is 16.2 Å². The van der Waals surface area contributed by atoms with E-state index in [1.807, 2.05) is 12.3 Å². The van der Waals surface area contributed by atoms with Crippen LogP contribution in [0.3, 0.4) is 0 Å². The molecule has 0 spiro atoms. The topological polar surface area (TPSA) is 51.8 Å². The molecule has 0 atom stereocenters. The van der Waals surface area contributed by atoms with Crippen LogP contribution in [0.5, 0.6) is 0 Å². The van der Waals surface area contributed by atoms with Crippen LogP contribution in [0.1, 0.15) is 21.3 Å². The molecule has 0 aromatic carbocycles. The third-order valence-electron chi connectivity index (χ3n) is 1.92. The summed E-state index contributed by atoms with van der Waals surface area (Å²) in [6, 6.07) is 0. The Bertz CT molecular complexity index is 445. The van der Waals surface area contributed by atoms with Gasteiger partial charge >= 0.3 is 0 Å². The summed E-state index contributed by atoms with van der Waals surface area (Å²) < 4.78 is 0. The van der Waals surface area contributed by atoms with E-state index in [4.69, 9.17) is 5.73 Å². The van der Waals surface area contributed by atoms with Gasteiger partial charge in [0.25, 0.3) is 0 Å². The third-order valence-corrected chi connectivity index (χ3v) is 3.57. The zero-order chi connectivity index (χ0) is 10.1. The molecule has 0 fully saturated rings. The molecule has 2 aromatic rings. The van der Waals surface area contributed by atoms with Crippen molar-refractivity contribution in [3.8, 4) is 0 Å². The summed E-state index contributed by atoms with van der Waals surface area (Å²) >= 11 is 3.21. The Balaban J connectivity index is 2.22. The number of rotatable bonds is 2. The first-order valence-electron chi connectivity index (χ1n) is 4.28. The van der Waals surface area contributed by atoms with Crippen LogP contribution in [0.2, 0.25) is 0 Å². The van der Waals surface area contributed by atoms with E-state index in [9.17, 15) is 0 Å². The van der Waals surface area contributed by atoms with Gasteiger partial charge in [0, 0.05) is 16.7 Å². The molecule has 2 N–H and O–H groups in total. The number of hydrogen-bond acceptors (Lipinski definition) is 5. The summed E-state index contributed by atoms with van der Waals surface area (Å²) in [5.41, 5.74) is 7.70. The highest BCUT2D eigenvalue weighted by Gasteiger charge is 2.07. The van der Waals surface area contributed by atoms with E-state index in [2.05, 4.69) is 16.9 Å². The normalized spacial score (nSPS) is 10.7. The lowest BCUT2D eigenvalue weighted by atomic mass is 10.2. The lowest BCUT2D eigenvalue weighted by Gasteiger charge is -1.93. The Morgan fingerprint density at radius 2 is 2.14 bits per heavy atom. The molecule has 0 aliphatic rings. The van der Waals surface area contributed by atoms with Gasteiger partial charge in [0.05, 0.1) is 16.4 Å². The molecule has 0 radical (unpaired) electrons. The molecule has 0 aliphatic carbocycles. The van der Waals surface area contributed by atoms with E-state index in [0.717, 1.165) is 22.8 Å². The van der Waals surface area contributed by atoms with Crippen molar-refractivity contribution < 1.29 is 0 Å². The predicted octanol–water partition coefficient (Wildman–Crippen LogP) is 2.39. The molecule has 2 heterocycles. The average molecular weight is 225 g/mol. The quantitative estimate of drug-likeness (QED) is 0.853. The van der Waals surface area contributed by atoms with Gasteiger partial charge in [0.15, 0.2) is 5.13 Å². The van der Waals surface area contributed by atoms with Crippen LogP contribution in [0.15, 0.2) is 5.38 Å². The summed E-state index contributed by atoms with van der Waals surface area (Å²) in [4.78, 5) is 9.95. The number of nitrogen functional groups attached to an aromatic ring is 1. The first-order chi connectivity index (χ1) is 6.65. The van der Waals surface area contributed by atoms with Crippen LogP contribution in [0.4, 0.5) is 5.13 Å². The van der Waals surface area contributed by atoms with Gasteiger partial charge in [0.2, 0.25) is 0 Å². The molecule has 14 heavy (non-hydrogen) atoms. The molecule has 2 rings (SSSR count). The van der Waals surface area contributed by atoms with Gasteiger partial charge < -0.3 is 5.73 Å². The van der Waals surface area contributed by atoms with Crippen LogP contribution in [-0.4, -0.2) is 9.97 Å². The van der Waals surface area contributed by atoms with E-state index in [1.54, 1.807) is 11.3 Å². The smallest absolute Gasteiger partial charge is 0.180 e. The minimum Gasteiger partial charge on any atom is -0.375 e. The van der Waals surface area contributed by atoms with Crippen LogP contribution in [-0.2, 0) is 6.42 Å². The SMILES string of the molecule is Cc1nc(Cc2csc(N)n2)c(C)s1. The minimum absolute atomic E-state index is 0.629. The standard InChI is InChI=1S/C9H11N3S2/c1-5-8(11-6(2)14-5)3-7-4-13-9(10)12-7/h4H,3H2,1-2H3,(H2,10,12). The number of anilines is 1. The van der Waals surface area contributed by atoms with Crippen molar-refractivity contribution in [3.63, 3.8) is 0 Å². The molecule has 0 saturated carbocycles. The van der Waals surface area contributed by atoms with Crippen molar-refractivity contribution in [2.45, 2.75) is 20.3 Å². The number of hydrogen-bond donors (Lipinski definition) is 1. The van der Waals surface area contributed by atoms with Crippen molar-refractivity contribution in [2.24, 2.45) is 0 Å². The summed E-state index contributed by atoms with van der Waals surface area (Å²) in [7, 11) is 0. The molecule has 0 unspecified atom stereocenters. The van der Waals surface area contributed by atoms with E-state index in [0.29, 0.717) is 5.13 Å². The van der Waals surface area contributed by atoms with Gasteiger partial charge in [-0.3, -0.25) is 0 Å². The van der Waals surface area contributed by atoms with Crippen molar-refractivity contribution in [2.75, 3.05) is 5.73 Å². The second-order valence-electron chi connectivity index (χ2n) is 3.09. The number of nitrogens with zero attached hydrogens (tertiary/aromatic N) is 2. The fourth-order valence-electron chi connectivity index (χ4n) is 1.31. The Labute approximate surface area is 90.6 Å². The van der Waals surface area contributed by atoms with Gasteiger partial charge in [-0.05, 0) is 13.8 Å². The Morgan fingerprint density at radius 3 is 2.64 bits per heavy atom. The highest BCUT2D eigenvalue weighted by Crippen LogP contribution is 2.20. The Morgan fingerprint density at radius 1 is 1.36 bits per heavy atom. The minimum atomic E-state index is 0.629. The maximum Gasteiger partial charge on any atom is 0.180 e. The van der Waals surface area contributed by atoms with E-state index >= 15 is 0 Å². The van der Waals surface area contributed by atoms with Gasteiger partial charge in [-0.25, -0.2) is 9.97 Å². The average Bonchev–Trinajstić information content (AvgIpc) is 2.61. The molecule has 0 aliphatic heterocycles. The summed E-state index contributed by atoms with van der Waals surface area (Å²) in [5, 5.41) is 3.73. The van der Waals surface area contributed by atoms with E-state index in [-0.39, 0.29) is 0 Å². The first-order valence-corrected chi connectivity index (χ1v) is 5.97. The third kappa shape index (κ3) is 1.93. The van der Waals surface area contributed by atoms with Gasteiger partial charge in [-0.1, -0.05) is 0 Å². The molecular formula is C9H11N3S2. The van der Waals surface area contributed by atoms with Gasteiger partial charge in [-0.2, -0.15) is 0 Å². The van der Waals surface area contributed by atoms with Crippen molar-refractivity contribution >= 4 is 27.8 Å². The monoisotopic (exact) mass is 225 g/mol. The van der Waals surface area contributed by atoms with Crippen molar-refractivity contribution in [1.29, 1.82) is 0 Å². The molecule has 5 heteroatoms. The zero-order valence-corrected chi connectivity index (χ0v) is 9.71. The lowest BCUT2D eigenvalue weighted by Crippen LogP contribution is -1.92. The molecule has 0 saturated heterocycles. The number of aryl methyl sites for hydroxylation is 2. The second kappa shape index (κ2) is 3.67. The molecular weight excluding hydrogens is 214 g/mol. The predicted molar refractivity (Wildman–Crippen MR) is 60.9 cm³/mol. The molecule has 0 bridgehead atoms. The fourth-order valence-corrected chi connectivity index (χ4v) is 2.71. The largest absolute Gasteiger partial charge is 0.375 e. The van der Waals surface area contributed by atoms with Crippen LogP contribution in [0, 0.1) is 13.8 Å². The molecule has 3 nitrogen and oxygen atoms in total. The van der Waals surface area contributed by atoms with Crippen molar-refractivity contribution in [3.05, 3.63) is 26.7 Å². The van der Waals surface area contributed by atoms with Crippen LogP contribution in [0.25, 0.3) is 0 Å². The van der Waals surface area contributed by atoms with Gasteiger partial charge in [0.1, 0.15) is 0 Å². The molecule has 74 valence electrons. The van der Waals surface area contributed by atoms with Crippen LogP contribution < -0.4 is 5.73 Å². The summed E-state index contributed by atoms with van der Waals surface area (Å²) in [6.45, 7) is 4.12. The maximum absolute atomic E-state index is 5.57. The molecule has 2 aromatic heterocycles. The van der Waals surface area contributed by atoms with Crippen molar-refractivity contribution in [1.82, 2.24) is 9.97 Å². The Hall–Kier alpha value is -0.940. The number of thiazole rings is 2. The Kier molecular flexibility index (Phi) is 2.52. The number of nitrogens with two attached hydrogens (primary N) is 1. The summed E-state index contributed by atoms with van der Waals surface area (Å²) in [6.07, 6.45) is 0.796. The zero-order valence-electron chi connectivity index (χ0n) is 8.07. The van der Waals surface area contributed by atoms with Gasteiger partial charge in [-0.15, -0.1) is 22.7 Å². The van der Waals surface area contributed by atoms with Crippen LogP contribution >= 0.6 is 22.7 Å². The molecule has 0 amide bonds. The lowest BCUT2D eigenvalue weighted by molar-refractivity contribution is 1.03. The maximum atomic E-state index is 5.57. The van der Waals surface area contributed by atoms with E-state index < -0.39 is 0 Å². The number of aromatic nitrogens is 2. The first kappa shape index (κ1) is 9.61. The summed E-state index contributed by atoms with van der Waals surface area (Å²) in [5.74, 6) is 0. The highest BCUT2D eigenvalue weighted by atomic mass is 32.1. The second-order valence-corrected chi connectivity index (χ2v) is 5.39.